The quantitative estimate of drug-likeness (QED) is 0.767. The molecule has 1 aromatic heterocycles. The third-order valence-corrected chi connectivity index (χ3v) is 6.07. The van der Waals surface area contributed by atoms with Gasteiger partial charge in [0.1, 0.15) is 0 Å². The molecule has 0 aliphatic carbocycles. The van der Waals surface area contributed by atoms with Crippen LogP contribution in [0.15, 0.2) is 17.5 Å². The van der Waals surface area contributed by atoms with Gasteiger partial charge in [0.25, 0.3) is 5.91 Å². The lowest BCUT2D eigenvalue weighted by molar-refractivity contribution is -0.131. The molecule has 116 valence electrons. The summed E-state index contributed by atoms with van der Waals surface area (Å²) in [5.41, 5.74) is 0.483. The third-order valence-electron chi connectivity index (χ3n) is 2.99. The van der Waals surface area contributed by atoms with Crippen LogP contribution in [0.2, 0.25) is 0 Å². The molecule has 0 aliphatic rings. The molecule has 1 amide bonds. The molecule has 0 fully saturated rings. The fourth-order valence-electron chi connectivity index (χ4n) is 1.30. The Bertz CT molecular complexity index is 670. The van der Waals surface area contributed by atoms with E-state index in [2.05, 4.69) is 5.32 Å². The van der Waals surface area contributed by atoms with Gasteiger partial charge in [-0.25, -0.2) is 13.2 Å². The average Bonchev–Trinajstić information content (AvgIpc) is 2.80. The molecule has 2 N–H and O–H groups in total. The van der Waals surface area contributed by atoms with Crippen molar-refractivity contribution in [2.75, 3.05) is 12.8 Å². The molecule has 0 saturated heterocycles. The fraction of sp³-hybridized carbons (Fsp3) is 0.385. The minimum Gasteiger partial charge on any atom is -0.478 e. The maximum Gasteiger partial charge on any atom is 0.328 e. The van der Waals surface area contributed by atoms with Crippen molar-refractivity contribution in [3.63, 3.8) is 0 Å². The van der Waals surface area contributed by atoms with E-state index < -0.39 is 26.5 Å². The van der Waals surface area contributed by atoms with E-state index in [-0.39, 0.29) is 6.54 Å². The van der Waals surface area contributed by atoms with Gasteiger partial charge in [0.2, 0.25) is 0 Å². The molecule has 21 heavy (non-hydrogen) atoms. The monoisotopic (exact) mass is 331 g/mol. The number of carboxylic acid groups (broad SMARTS) is 1. The van der Waals surface area contributed by atoms with Crippen molar-refractivity contribution >= 4 is 39.1 Å². The fourth-order valence-corrected chi connectivity index (χ4v) is 2.44. The van der Waals surface area contributed by atoms with Crippen molar-refractivity contribution in [3.8, 4) is 0 Å². The summed E-state index contributed by atoms with van der Waals surface area (Å²) in [7, 11) is -3.30. The molecular weight excluding hydrogens is 314 g/mol. The maximum atomic E-state index is 12.1. The number of thiophene rings is 1. The second-order valence-corrected chi connectivity index (χ2v) is 8.66. The van der Waals surface area contributed by atoms with Gasteiger partial charge in [0.05, 0.1) is 9.62 Å². The van der Waals surface area contributed by atoms with Crippen molar-refractivity contribution in [3.05, 3.63) is 28.0 Å². The summed E-state index contributed by atoms with van der Waals surface area (Å²) < 4.78 is 22.1. The van der Waals surface area contributed by atoms with Crippen LogP contribution >= 0.6 is 11.3 Å². The number of hydrogen-bond acceptors (Lipinski definition) is 5. The third kappa shape index (κ3) is 4.68. The second-order valence-electron chi connectivity index (χ2n) is 5.09. The van der Waals surface area contributed by atoms with Gasteiger partial charge in [-0.1, -0.05) is 0 Å². The van der Waals surface area contributed by atoms with E-state index in [0.717, 1.165) is 23.7 Å². The van der Waals surface area contributed by atoms with Gasteiger partial charge in [-0.2, -0.15) is 0 Å². The average molecular weight is 331 g/mol. The topological polar surface area (TPSA) is 101 Å². The van der Waals surface area contributed by atoms with Gasteiger partial charge in [0, 0.05) is 18.9 Å². The SMILES string of the molecule is CC(C)(CNC(=O)c1sccc1C=CC(=O)O)S(C)(=O)=O. The molecule has 1 rings (SSSR count). The molecule has 0 aromatic carbocycles. The number of carboxylic acids is 1. The van der Waals surface area contributed by atoms with Crippen molar-refractivity contribution in [1.29, 1.82) is 0 Å². The number of rotatable bonds is 6. The molecule has 0 atom stereocenters. The molecule has 0 aliphatic heterocycles. The molecule has 0 bridgehead atoms. The lowest BCUT2D eigenvalue weighted by Crippen LogP contribution is -2.43. The minimum absolute atomic E-state index is 0.0232. The van der Waals surface area contributed by atoms with Gasteiger partial charge in [-0.3, -0.25) is 4.79 Å². The summed E-state index contributed by atoms with van der Waals surface area (Å²) >= 11 is 1.16. The molecule has 6 nitrogen and oxygen atoms in total. The highest BCUT2D eigenvalue weighted by atomic mass is 32.2. The predicted molar refractivity (Wildman–Crippen MR) is 82.2 cm³/mol. The van der Waals surface area contributed by atoms with Crippen LogP contribution in [-0.4, -0.2) is 42.9 Å². The molecule has 0 spiro atoms. The lowest BCUT2D eigenvalue weighted by Gasteiger charge is -2.22. The van der Waals surface area contributed by atoms with Crippen molar-refractivity contribution in [2.24, 2.45) is 0 Å². The first-order valence-electron chi connectivity index (χ1n) is 6.01. The summed E-state index contributed by atoms with van der Waals surface area (Å²) in [5.74, 6) is -1.53. The highest BCUT2D eigenvalue weighted by molar-refractivity contribution is 7.92. The Morgan fingerprint density at radius 3 is 2.57 bits per heavy atom. The van der Waals surface area contributed by atoms with Crippen LogP contribution in [0.3, 0.4) is 0 Å². The summed E-state index contributed by atoms with van der Waals surface area (Å²) in [5, 5.41) is 12.8. The van der Waals surface area contributed by atoms with Gasteiger partial charge in [0.15, 0.2) is 9.84 Å². The first-order valence-corrected chi connectivity index (χ1v) is 8.78. The maximum absolute atomic E-state index is 12.1. The molecule has 0 radical (unpaired) electrons. The standard InChI is InChI=1S/C13H17NO5S2/c1-13(2,21(3,18)19)8-14-12(17)11-9(6-7-20-11)4-5-10(15)16/h4-7H,8H2,1-3H3,(H,14,17)(H,15,16). The van der Waals surface area contributed by atoms with Crippen LogP contribution in [0.5, 0.6) is 0 Å². The summed E-state index contributed by atoms with van der Waals surface area (Å²) in [6, 6.07) is 1.63. The number of carbonyl (C=O) groups excluding carboxylic acids is 1. The highest BCUT2D eigenvalue weighted by Crippen LogP contribution is 2.19. The number of sulfone groups is 1. The lowest BCUT2D eigenvalue weighted by atomic mass is 10.2. The van der Waals surface area contributed by atoms with E-state index in [1.807, 2.05) is 0 Å². The summed E-state index contributed by atoms with van der Waals surface area (Å²) in [6.45, 7) is 3.04. The van der Waals surface area contributed by atoms with Crippen molar-refractivity contribution in [2.45, 2.75) is 18.6 Å². The second kappa shape index (κ2) is 6.40. The Morgan fingerprint density at radius 1 is 1.43 bits per heavy atom. The minimum atomic E-state index is -3.30. The zero-order valence-corrected chi connectivity index (χ0v) is 13.5. The molecule has 1 aromatic rings. The normalized spacial score (nSPS) is 12.5. The Labute approximate surface area is 127 Å². The van der Waals surface area contributed by atoms with E-state index in [4.69, 9.17) is 5.11 Å². The number of carbonyl (C=O) groups is 2. The van der Waals surface area contributed by atoms with Gasteiger partial charge in [-0.05, 0) is 36.9 Å². The van der Waals surface area contributed by atoms with Crippen LogP contribution in [-0.2, 0) is 14.6 Å². The Morgan fingerprint density at radius 2 is 2.05 bits per heavy atom. The number of nitrogens with one attached hydrogen (secondary N) is 1. The van der Waals surface area contributed by atoms with Crippen LogP contribution in [0.25, 0.3) is 6.08 Å². The van der Waals surface area contributed by atoms with E-state index >= 15 is 0 Å². The Hall–Kier alpha value is -1.67. The van der Waals surface area contributed by atoms with Crippen LogP contribution in [0.1, 0.15) is 29.1 Å². The summed E-state index contributed by atoms with van der Waals surface area (Å²) in [6.07, 6.45) is 3.39. The van der Waals surface area contributed by atoms with Crippen LogP contribution in [0.4, 0.5) is 0 Å². The Balaban J connectivity index is 2.83. The first-order chi connectivity index (χ1) is 9.54. The van der Waals surface area contributed by atoms with E-state index in [1.54, 1.807) is 11.4 Å². The van der Waals surface area contributed by atoms with Crippen molar-refractivity contribution < 1.29 is 23.1 Å². The molecular formula is C13H17NO5S2. The molecule has 8 heteroatoms. The van der Waals surface area contributed by atoms with E-state index in [0.29, 0.717) is 10.4 Å². The van der Waals surface area contributed by atoms with E-state index in [1.165, 1.54) is 19.9 Å². The number of hydrogen-bond donors (Lipinski definition) is 2. The van der Waals surface area contributed by atoms with Gasteiger partial charge >= 0.3 is 5.97 Å². The Kier molecular flexibility index (Phi) is 5.30. The predicted octanol–water partition coefficient (Wildman–Crippen LogP) is 1.40. The number of aliphatic carboxylic acids is 1. The van der Waals surface area contributed by atoms with Gasteiger partial charge in [-0.15, -0.1) is 11.3 Å². The van der Waals surface area contributed by atoms with E-state index in [9.17, 15) is 18.0 Å². The first kappa shape index (κ1) is 17.4. The highest BCUT2D eigenvalue weighted by Gasteiger charge is 2.30. The molecule has 0 unspecified atom stereocenters. The largest absolute Gasteiger partial charge is 0.478 e. The zero-order valence-electron chi connectivity index (χ0n) is 11.9. The molecule has 1 heterocycles. The van der Waals surface area contributed by atoms with Crippen LogP contribution < -0.4 is 5.32 Å². The molecule has 0 saturated carbocycles. The number of amides is 1. The van der Waals surface area contributed by atoms with Gasteiger partial charge < -0.3 is 10.4 Å². The van der Waals surface area contributed by atoms with Crippen molar-refractivity contribution in [1.82, 2.24) is 5.32 Å². The summed E-state index contributed by atoms with van der Waals surface area (Å²) in [4.78, 5) is 22.9. The smallest absolute Gasteiger partial charge is 0.328 e. The van der Waals surface area contributed by atoms with Crippen LogP contribution in [0, 0.1) is 0 Å². The zero-order chi connectivity index (χ0) is 16.3.